The summed E-state index contributed by atoms with van der Waals surface area (Å²) in [7, 11) is 0. The smallest absolute Gasteiger partial charge is 0.322 e. The molecule has 2 N–H and O–H groups in total. The predicted octanol–water partition coefficient (Wildman–Crippen LogP) is -0.150. The van der Waals surface area contributed by atoms with Crippen LogP contribution in [-0.2, 0) is 29.1 Å². The number of nitrogens with zero attached hydrogens (tertiary/aromatic N) is 3. The van der Waals surface area contributed by atoms with Crippen LogP contribution in [0.15, 0.2) is 6.07 Å². The van der Waals surface area contributed by atoms with Gasteiger partial charge in [0.15, 0.2) is 0 Å². The fourth-order valence-corrected chi connectivity index (χ4v) is 2.40. The molecule has 1 fully saturated rings. The Hall–Kier alpha value is -1.89. The van der Waals surface area contributed by atoms with Gasteiger partial charge in [0.2, 0.25) is 5.91 Å². The number of piperazine rings is 1. The van der Waals surface area contributed by atoms with Crippen molar-refractivity contribution in [2.75, 3.05) is 13.1 Å². The highest BCUT2D eigenvalue weighted by Crippen LogP contribution is 2.13. The fourth-order valence-electron chi connectivity index (χ4n) is 2.40. The van der Waals surface area contributed by atoms with Crippen LogP contribution >= 0.6 is 0 Å². The quantitative estimate of drug-likeness (QED) is 0.783. The Morgan fingerprint density at radius 3 is 2.90 bits per heavy atom. The Kier molecular flexibility index (Phi) is 4.39. The van der Waals surface area contributed by atoms with Gasteiger partial charge in [0, 0.05) is 19.6 Å². The highest BCUT2D eigenvalue weighted by Gasteiger charge is 2.32. The maximum Gasteiger partial charge on any atom is 0.322 e. The molecule has 110 valence electrons. The van der Waals surface area contributed by atoms with Crippen LogP contribution in [0.2, 0.25) is 0 Å². The van der Waals surface area contributed by atoms with E-state index >= 15 is 0 Å². The Bertz CT molecular complexity index is 512. The summed E-state index contributed by atoms with van der Waals surface area (Å²) in [6.45, 7) is 5.43. The van der Waals surface area contributed by atoms with Crippen LogP contribution in [0.5, 0.6) is 0 Å². The molecule has 7 heteroatoms. The van der Waals surface area contributed by atoms with E-state index in [2.05, 4.69) is 10.4 Å². The molecule has 1 amide bonds. The number of hydrogen-bond acceptors (Lipinski definition) is 4. The Morgan fingerprint density at radius 2 is 2.30 bits per heavy atom. The minimum Gasteiger partial charge on any atom is -0.480 e. The molecular weight excluding hydrogens is 260 g/mol. The molecular formula is C13H20N4O3. The van der Waals surface area contributed by atoms with Gasteiger partial charge in [0.05, 0.1) is 17.9 Å². The molecule has 0 aliphatic carbocycles. The number of amides is 1. The molecule has 0 spiro atoms. The molecule has 0 aromatic carbocycles. The average molecular weight is 280 g/mol. The number of carbonyl (C=O) groups excluding carboxylic acids is 1. The van der Waals surface area contributed by atoms with Crippen LogP contribution in [0.4, 0.5) is 0 Å². The molecule has 1 aromatic heterocycles. The molecule has 0 radical (unpaired) electrons. The van der Waals surface area contributed by atoms with Gasteiger partial charge in [-0.1, -0.05) is 6.92 Å². The third kappa shape index (κ3) is 2.98. The number of aromatic nitrogens is 2. The summed E-state index contributed by atoms with van der Waals surface area (Å²) in [6, 6.07) is 1.30. The van der Waals surface area contributed by atoms with Gasteiger partial charge in [-0.3, -0.25) is 19.2 Å². The summed E-state index contributed by atoms with van der Waals surface area (Å²) in [4.78, 5) is 24.4. The number of carboxylic acid groups (broad SMARTS) is 1. The zero-order valence-electron chi connectivity index (χ0n) is 11.8. The fraction of sp³-hybridized carbons (Fsp3) is 0.615. The molecule has 0 saturated carbocycles. The zero-order chi connectivity index (χ0) is 14.7. The standard InChI is InChI=1S/C13H20N4O3/c1-3-9-5-10(17(4-2)15-9)7-16-8-12(18)14-6-11(16)13(19)20/h5,11H,3-4,6-8H2,1-2H3,(H,14,18)(H,19,20). The first-order valence-corrected chi connectivity index (χ1v) is 6.84. The first-order valence-electron chi connectivity index (χ1n) is 6.84. The van der Waals surface area contributed by atoms with E-state index in [1.54, 1.807) is 4.90 Å². The van der Waals surface area contributed by atoms with Gasteiger partial charge in [-0.2, -0.15) is 5.10 Å². The second-order valence-corrected chi connectivity index (χ2v) is 4.86. The van der Waals surface area contributed by atoms with Crippen LogP contribution < -0.4 is 5.32 Å². The van der Waals surface area contributed by atoms with E-state index in [1.807, 2.05) is 24.6 Å². The van der Waals surface area contributed by atoms with Crippen molar-refractivity contribution < 1.29 is 14.7 Å². The Labute approximate surface area is 117 Å². The first kappa shape index (κ1) is 14.5. The van der Waals surface area contributed by atoms with Crippen LogP contribution in [0.3, 0.4) is 0 Å². The molecule has 1 aromatic rings. The second kappa shape index (κ2) is 6.04. The van der Waals surface area contributed by atoms with Crippen molar-refractivity contribution in [3.63, 3.8) is 0 Å². The van der Waals surface area contributed by atoms with E-state index < -0.39 is 12.0 Å². The molecule has 1 atom stereocenters. The van der Waals surface area contributed by atoms with Crippen molar-refractivity contribution in [3.8, 4) is 0 Å². The number of aryl methyl sites for hydroxylation is 2. The second-order valence-electron chi connectivity index (χ2n) is 4.86. The lowest BCUT2D eigenvalue weighted by atomic mass is 10.1. The molecule has 1 aliphatic rings. The molecule has 1 unspecified atom stereocenters. The molecule has 1 saturated heterocycles. The van der Waals surface area contributed by atoms with Crippen molar-refractivity contribution in [2.45, 2.75) is 39.4 Å². The summed E-state index contributed by atoms with van der Waals surface area (Å²) >= 11 is 0. The van der Waals surface area contributed by atoms with E-state index in [0.717, 1.165) is 24.4 Å². The van der Waals surface area contributed by atoms with Crippen LogP contribution in [0.25, 0.3) is 0 Å². The number of rotatable bonds is 5. The van der Waals surface area contributed by atoms with Gasteiger partial charge in [-0.25, -0.2) is 0 Å². The molecule has 20 heavy (non-hydrogen) atoms. The van der Waals surface area contributed by atoms with Gasteiger partial charge >= 0.3 is 5.97 Å². The third-order valence-corrected chi connectivity index (χ3v) is 3.51. The summed E-state index contributed by atoms with van der Waals surface area (Å²) in [6.07, 6.45) is 0.836. The molecule has 2 rings (SSSR count). The Balaban J connectivity index is 2.19. The van der Waals surface area contributed by atoms with Crippen LogP contribution in [0, 0.1) is 0 Å². The monoisotopic (exact) mass is 280 g/mol. The number of nitrogens with one attached hydrogen (secondary N) is 1. The SMILES string of the molecule is CCc1cc(CN2CC(=O)NCC2C(=O)O)n(CC)n1. The van der Waals surface area contributed by atoms with Crippen molar-refractivity contribution in [3.05, 3.63) is 17.5 Å². The largest absolute Gasteiger partial charge is 0.480 e. The highest BCUT2D eigenvalue weighted by molar-refractivity contribution is 5.83. The number of carboxylic acids is 1. The lowest BCUT2D eigenvalue weighted by molar-refractivity contribution is -0.146. The minimum absolute atomic E-state index is 0.104. The molecule has 2 heterocycles. The van der Waals surface area contributed by atoms with Crippen molar-refractivity contribution in [2.24, 2.45) is 0 Å². The topological polar surface area (TPSA) is 87.5 Å². The summed E-state index contributed by atoms with van der Waals surface area (Å²) in [5.41, 5.74) is 1.93. The number of aliphatic carboxylic acids is 1. The van der Waals surface area contributed by atoms with E-state index in [-0.39, 0.29) is 19.0 Å². The number of hydrogen-bond donors (Lipinski definition) is 2. The zero-order valence-corrected chi connectivity index (χ0v) is 11.8. The maximum atomic E-state index is 11.5. The van der Waals surface area contributed by atoms with Gasteiger partial charge in [0.1, 0.15) is 6.04 Å². The summed E-state index contributed by atoms with van der Waals surface area (Å²) in [5, 5.41) is 16.3. The van der Waals surface area contributed by atoms with Crippen molar-refractivity contribution in [1.29, 1.82) is 0 Å². The predicted molar refractivity (Wildman–Crippen MR) is 72.1 cm³/mol. The van der Waals surface area contributed by atoms with Crippen LogP contribution in [0.1, 0.15) is 25.2 Å². The minimum atomic E-state index is -0.914. The molecule has 1 aliphatic heterocycles. The lowest BCUT2D eigenvalue weighted by Crippen LogP contribution is -2.57. The average Bonchev–Trinajstić information content (AvgIpc) is 2.80. The van der Waals surface area contributed by atoms with E-state index in [1.165, 1.54) is 0 Å². The van der Waals surface area contributed by atoms with E-state index in [0.29, 0.717) is 6.54 Å². The summed E-state index contributed by atoms with van der Waals surface area (Å²) < 4.78 is 1.87. The lowest BCUT2D eigenvalue weighted by Gasteiger charge is -2.32. The Morgan fingerprint density at radius 1 is 1.55 bits per heavy atom. The van der Waals surface area contributed by atoms with E-state index in [4.69, 9.17) is 0 Å². The first-order chi connectivity index (χ1) is 9.55. The van der Waals surface area contributed by atoms with Gasteiger partial charge in [0.25, 0.3) is 0 Å². The third-order valence-electron chi connectivity index (χ3n) is 3.51. The number of carbonyl (C=O) groups is 2. The van der Waals surface area contributed by atoms with Gasteiger partial charge in [-0.15, -0.1) is 0 Å². The normalized spacial score (nSPS) is 19.9. The highest BCUT2D eigenvalue weighted by atomic mass is 16.4. The van der Waals surface area contributed by atoms with Crippen LogP contribution in [-0.4, -0.2) is 50.8 Å². The van der Waals surface area contributed by atoms with Crippen molar-refractivity contribution >= 4 is 11.9 Å². The van der Waals surface area contributed by atoms with Crippen molar-refractivity contribution in [1.82, 2.24) is 20.0 Å². The van der Waals surface area contributed by atoms with Gasteiger partial charge in [-0.05, 0) is 19.4 Å². The summed E-state index contributed by atoms with van der Waals surface area (Å²) in [5.74, 6) is -1.05. The maximum absolute atomic E-state index is 11.5. The van der Waals surface area contributed by atoms with E-state index in [9.17, 15) is 14.7 Å². The van der Waals surface area contributed by atoms with Gasteiger partial charge < -0.3 is 10.4 Å². The molecule has 0 bridgehead atoms. The molecule has 7 nitrogen and oxygen atoms in total.